The summed E-state index contributed by atoms with van der Waals surface area (Å²) in [7, 11) is 1.55. The highest BCUT2D eigenvalue weighted by atomic mass is 19.4. The van der Waals surface area contributed by atoms with Crippen LogP contribution < -0.4 is 20.9 Å². The molecule has 0 aliphatic rings. The zero-order valence-electron chi connectivity index (χ0n) is 18.6. The van der Waals surface area contributed by atoms with E-state index in [1.165, 1.54) is 22.8 Å². The first-order valence-corrected chi connectivity index (χ1v) is 10.3. The van der Waals surface area contributed by atoms with Crippen molar-refractivity contribution in [3.63, 3.8) is 0 Å². The van der Waals surface area contributed by atoms with Gasteiger partial charge in [-0.1, -0.05) is 36.4 Å². The zero-order valence-corrected chi connectivity index (χ0v) is 18.6. The van der Waals surface area contributed by atoms with Gasteiger partial charge in [-0.2, -0.15) is 13.2 Å². The minimum atomic E-state index is -4.38. The lowest BCUT2D eigenvalue weighted by atomic mass is 10.1. The van der Waals surface area contributed by atoms with Crippen molar-refractivity contribution in [1.82, 2.24) is 14.5 Å². The van der Waals surface area contributed by atoms with Crippen molar-refractivity contribution >= 4 is 23.1 Å². The van der Waals surface area contributed by atoms with E-state index >= 15 is 0 Å². The van der Waals surface area contributed by atoms with E-state index in [9.17, 15) is 18.0 Å². The summed E-state index contributed by atoms with van der Waals surface area (Å²) in [6.45, 7) is 2.98. The molecule has 0 unspecified atom stereocenters. The molecule has 0 fully saturated rings. The van der Waals surface area contributed by atoms with E-state index in [1.807, 2.05) is 25.1 Å². The van der Waals surface area contributed by atoms with Gasteiger partial charge in [0.2, 0.25) is 5.88 Å². The number of aromatic nitrogens is 3. The minimum Gasteiger partial charge on any atom is -0.481 e. The molecule has 3 aromatic rings. The monoisotopic (exact) mass is 455 g/mol. The molecule has 0 N–H and O–H groups in total. The van der Waals surface area contributed by atoms with Crippen LogP contribution >= 0.6 is 0 Å². The number of methoxy groups -OCH3 is 1. The number of nitrogens with zero attached hydrogens (tertiary/aromatic N) is 3. The molecule has 0 radical (unpaired) electrons. The molecule has 0 aliphatic heterocycles. The van der Waals surface area contributed by atoms with Crippen LogP contribution in [0.1, 0.15) is 19.4 Å². The van der Waals surface area contributed by atoms with Crippen LogP contribution in [0, 0.1) is 0 Å². The number of ether oxygens (including phenoxy) is 1. The van der Waals surface area contributed by atoms with Crippen molar-refractivity contribution in [2.75, 3.05) is 7.11 Å². The van der Waals surface area contributed by atoms with Gasteiger partial charge in [0.25, 0.3) is 5.56 Å². The van der Waals surface area contributed by atoms with Crippen LogP contribution in [0.15, 0.2) is 65.3 Å². The lowest BCUT2D eigenvalue weighted by Gasteiger charge is -2.09. The molecule has 3 heterocycles. The van der Waals surface area contributed by atoms with E-state index in [0.717, 1.165) is 29.2 Å². The van der Waals surface area contributed by atoms with Crippen molar-refractivity contribution in [2.24, 2.45) is 0 Å². The predicted molar refractivity (Wildman–Crippen MR) is 123 cm³/mol. The summed E-state index contributed by atoms with van der Waals surface area (Å²) in [6.07, 6.45) is 7.23. The second-order valence-electron chi connectivity index (χ2n) is 7.32. The first kappa shape index (κ1) is 24.0. The van der Waals surface area contributed by atoms with Gasteiger partial charge in [-0.15, -0.1) is 0 Å². The van der Waals surface area contributed by atoms with E-state index in [1.54, 1.807) is 31.6 Å². The zero-order chi connectivity index (χ0) is 24.0. The normalized spacial score (nSPS) is 13.9. The Morgan fingerprint density at radius 3 is 2.58 bits per heavy atom. The standard InChI is InChI=1S/C25H24F3N3O2/c1-4-21-20(11-8-18-9-12-22(33-3)30-15-18)24-19(16-29-21)10-13-23(32)31(24)14-6-5-7-17(2)25(26,27)28/h4-7,9-13,15-16H,8,14H2,1-3H3/b6-5-,17-7+,20-11+,21-4+. The summed E-state index contributed by atoms with van der Waals surface area (Å²) in [5, 5.41) is 2.24. The molecule has 3 aromatic heterocycles. The number of pyridine rings is 3. The molecule has 3 rings (SSSR count). The molecule has 172 valence electrons. The Kier molecular flexibility index (Phi) is 7.48. The topological polar surface area (TPSA) is 57.0 Å². The van der Waals surface area contributed by atoms with Gasteiger partial charge in [-0.25, -0.2) is 4.98 Å². The van der Waals surface area contributed by atoms with Crippen molar-refractivity contribution in [3.05, 3.63) is 86.9 Å². The molecule has 0 bridgehead atoms. The van der Waals surface area contributed by atoms with Gasteiger partial charge in [0.15, 0.2) is 0 Å². The third-order valence-electron chi connectivity index (χ3n) is 5.13. The fourth-order valence-electron chi connectivity index (χ4n) is 3.29. The molecular formula is C25H24F3N3O2. The van der Waals surface area contributed by atoms with Gasteiger partial charge < -0.3 is 9.30 Å². The minimum absolute atomic E-state index is 0.121. The molecule has 0 saturated carbocycles. The van der Waals surface area contributed by atoms with Crippen LogP contribution in [0.2, 0.25) is 0 Å². The van der Waals surface area contributed by atoms with Crippen LogP contribution in [-0.2, 0) is 13.0 Å². The van der Waals surface area contributed by atoms with Crippen molar-refractivity contribution < 1.29 is 17.9 Å². The predicted octanol–water partition coefficient (Wildman–Crippen LogP) is 3.69. The SMILES string of the molecule is C/C=c1/ncc2ccc(=O)n(C/C=C\C=C(/C)C(F)(F)F)c2/c1=C/Cc1ccc(OC)nc1. The number of rotatable bonds is 6. The highest BCUT2D eigenvalue weighted by molar-refractivity contribution is 5.79. The maximum atomic E-state index is 12.7. The first-order chi connectivity index (χ1) is 15.7. The number of hydrogen-bond donors (Lipinski definition) is 0. The molecule has 5 nitrogen and oxygen atoms in total. The molecule has 0 aromatic carbocycles. The first-order valence-electron chi connectivity index (χ1n) is 10.3. The average molecular weight is 455 g/mol. The van der Waals surface area contributed by atoms with E-state index in [0.29, 0.717) is 23.2 Å². The lowest BCUT2D eigenvalue weighted by Crippen LogP contribution is -2.34. The molecule has 0 saturated heterocycles. The molecule has 0 atom stereocenters. The van der Waals surface area contributed by atoms with E-state index < -0.39 is 11.7 Å². The third kappa shape index (κ3) is 5.77. The van der Waals surface area contributed by atoms with Crippen molar-refractivity contribution in [3.8, 4) is 5.88 Å². The van der Waals surface area contributed by atoms with Crippen LogP contribution in [-0.4, -0.2) is 27.8 Å². The number of alkyl halides is 3. The van der Waals surface area contributed by atoms with E-state index in [2.05, 4.69) is 9.97 Å². The number of fused-ring (bicyclic) bond motifs is 1. The van der Waals surface area contributed by atoms with Crippen LogP contribution in [0.5, 0.6) is 5.88 Å². The highest BCUT2D eigenvalue weighted by Crippen LogP contribution is 2.24. The molecule has 8 heteroatoms. The summed E-state index contributed by atoms with van der Waals surface area (Å²) in [5.74, 6) is 0.517. The molecule has 33 heavy (non-hydrogen) atoms. The summed E-state index contributed by atoms with van der Waals surface area (Å²) >= 11 is 0. The molecule has 0 aliphatic carbocycles. The Bertz CT molecular complexity index is 1370. The van der Waals surface area contributed by atoms with Gasteiger partial charge in [0.05, 0.1) is 18.0 Å². The Balaban J connectivity index is 2.09. The van der Waals surface area contributed by atoms with E-state index in [-0.39, 0.29) is 12.1 Å². The highest BCUT2D eigenvalue weighted by Gasteiger charge is 2.29. The van der Waals surface area contributed by atoms with Gasteiger partial charge in [0, 0.05) is 47.2 Å². The largest absolute Gasteiger partial charge is 0.481 e. The van der Waals surface area contributed by atoms with Gasteiger partial charge in [-0.05, 0) is 31.9 Å². The van der Waals surface area contributed by atoms with E-state index in [4.69, 9.17) is 4.74 Å². The second kappa shape index (κ2) is 10.3. The van der Waals surface area contributed by atoms with Gasteiger partial charge in [0.1, 0.15) is 0 Å². The molecule has 0 spiro atoms. The fraction of sp³-hybridized carbons (Fsp3) is 0.240. The lowest BCUT2D eigenvalue weighted by molar-refractivity contribution is -0.0913. The van der Waals surface area contributed by atoms with Crippen LogP contribution in [0.3, 0.4) is 0 Å². The van der Waals surface area contributed by atoms with Crippen molar-refractivity contribution in [1.29, 1.82) is 0 Å². The number of allylic oxidation sites excluding steroid dienone is 4. The number of halogens is 3. The average Bonchev–Trinajstić information content (AvgIpc) is 2.80. The Morgan fingerprint density at radius 2 is 1.94 bits per heavy atom. The second-order valence-corrected chi connectivity index (χ2v) is 7.32. The maximum absolute atomic E-state index is 12.7. The fourth-order valence-corrected chi connectivity index (χ4v) is 3.29. The van der Waals surface area contributed by atoms with Gasteiger partial charge in [-0.3, -0.25) is 9.78 Å². The number of hydrogen-bond acceptors (Lipinski definition) is 4. The smallest absolute Gasteiger partial charge is 0.412 e. The summed E-state index contributed by atoms with van der Waals surface area (Å²) in [4.78, 5) is 21.4. The summed E-state index contributed by atoms with van der Waals surface area (Å²) < 4.78 is 44.7. The molecule has 0 amide bonds. The summed E-state index contributed by atoms with van der Waals surface area (Å²) in [5.41, 5.74) is 0.663. The third-order valence-corrected chi connectivity index (χ3v) is 5.13. The Labute approximate surface area is 188 Å². The summed E-state index contributed by atoms with van der Waals surface area (Å²) in [6, 6.07) is 6.81. The van der Waals surface area contributed by atoms with Gasteiger partial charge >= 0.3 is 6.18 Å². The Morgan fingerprint density at radius 1 is 1.15 bits per heavy atom. The molecular weight excluding hydrogens is 431 g/mol. The van der Waals surface area contributed by atoms with Crippen LogP contribution in [0.4, 0.5) is 13.2 Å². The van der Waals surface area contributed by atoms with Crippen molar-refractivity contribution in [2.45, 2.75) is 33.0 Å². The van der Waals surface area contributed by atoms with Crippen LogP contribution in [0.25, 0.3) is 23.1 Å². The maximum Gasteiger partial charge on any atom is 0.412 e. The quantitative estimate of drug-likeness (QED) is 0.532. The Hall–Kier alpha value is -3.68.